The summed E-state index contributed by atoms with van der Waals surface area (Å²) in [6.45, 7) is 9.35. The van der Waals surface area contributed by atoms with Gasteiger partial charge >= 0.3 is 0 Å². The molecule has 0 aliphatic rings. The molecule has 0 aromatic heterocycles. The summed E-state index contributed by atoms with van der Waals surface area (Å²) in [7, 11) is 0. The topological polar surface area (TPSA) is 0 Å². The maximum atomic E-state index is 3.66. The van der Waals surface area contributed by atoms with Gasteiger partial charge in [0.1, 0.15) is 0 Å². The van der Waals surface area contributed by atoms with E-state index in [0.29, 0.717) is 4.83 Å². The van der Waals surface area contributed by atoms with E-state index in [9.17, 15) is 0 Å². The molecule has 0 spiro atoms. The van der Waals surface area contributed by atoms with Crippen molar-refractivity contribution < 1.29 is 0 Å². The van der Waals surface area contributed by atoms with Crippen LogP contribution in [0.25, 0.3) is 0 Å². The van der Waals surface area contributed by atoms with Crippen LogP contribution in [0, 0.1) is 0 Å². The normalized spacial score (nSPS) is 14.4. The fourth-order valence-corrected chi connectivity index (χ4v) is 1.04. The van der Waals surface area contributed by atoms with Gasteiger partial charge in [-0.3, -0.25) is 0 Å². The second-order valence-electron chi connectivity index (χ2n) is 2.14. The Hall–Kier alpha value is -0.300. The maximum Gasteiger partial charge on any atom is 0.0389 e. The third-order valence-electron chi connectivity index (χ3n) is 1.25. The number of hydrogen-bond acceptors (Lipinski definition) is 0. The van der Waals surface area contributed by atoms with Gasteiger partial charge in [0.2, 0.25) is 0 Å². The smallest absolute Gasteiger partial charge is 0.0389 e. The predicted molar refractivity (Wildman–Crippen MR) is 51.5 cm³/mol. The minimum atomic E-state index is 0.419. The van der Waals surface area contributed by atoms with E-state index in [2.05, 4.69) is 36.0 Å². The molecule has 0 fully saturated rings. The van der Waals surface area contributed by atoms with E-state index in [1.54, 1.807) is 6.08 Å². The summed E-state index contributed by atoms with van der Waals surface area (Å²) in [6.07, 6.45) is 6.67. The molecule has 0 amide bonds. The van der Waals surface area contributed by atoms with Crippen molar-refractivity contribution in [2.45, 2.75) is 18.2 Å². The zero-order valence-corrected chi connectivity index (χ0v) is 7.89. The van der Waals surface area contributed by atoms with Crippen LogP contribution >= 0.6 is 15.9 Å². The van der Waals surface area contributed by atoms with Crippen LogP contribution in [0.1, 0.15) is 13.3 Å². The molecule has 0 aromatic rings. The van der Waals surface area contributed by atoms with Crippen LogP contribution in [-0.2, 0) is 0 Å². The summed E-state index contributed by atoms with van der Waals surface area (Å²) in [4.78, 5) is 0.419. The fraction of sp³-hybridized carbons (Fsp3) is 0.333. The first kappa shape index (κ1) is 9.70. The summed E-state index contributed by atoms with van der Waals surface area (Å²) in [5.74, 6) is 0. The number of halogens is 1. The summed E-state index contributed by atoms with van der Waals surface area (Å²) in [5.41, 5.74) is 1.29. The number of alkyl halides is 1. The first-order chi connectivity index (χ1) is 4.72. The highest BCUT2D eigenvalue weighted by atomic mass is 79.9. The molecule has 1 atom stereocenters. The molecule has 0 heterocycles. The van der Waals surface area contributed by atoms with Gasteiger partial charge in [0, 0.05) is 4.83 Å². The van der Waals surface area contributed by atoms with Gasteiger partial charge in [-0.25, -0.2) is 0 Å². The van der Waals surface area contributed by atoms with Crippen LogP contribution in [0.3, 0.4) is 0 Å². The fourth-order valence-electron chi connectivity index (χ4n) is 0.623. The highest BCUT2D eigenvalue weighted by Crippen LogP contribution is 2.15. The van der Waals surface area contributed by atoms with Crippen molar-refractivity contribution >= 4 is 15.9 Å². The monoisotopic (exact) mass is 200 g/mol. The van der Waals surface area contributed by atoms with Gasteiger partial charge < -0.3 is 0 Å². The lowest BCUT2D eigenvalue weighted by Crippen LogP contribution is -1.96. The minimum absolute atomic E-state index is 0.419. The van der Waals surface area contributed by atoms with Crippen LogP contribution in [0.15, 0.2) is 37.0 Å². The summed E-state index contributed by atoms with van der Waals surface area (Å²) in [5, 5.41) is 0. The zero-order chi connectivity index (χ0) is 7.98. The molecule has 0 nitrogen and oxygen atoms in total. The number of allylic oxidation sites excluding steroid dienone is 4. The van der Waals surface area contributed by atoms with E-state index in [1.165, 1.54) is 5.57 Å². The molecular formula is C9H13Br. The molecule has 0 radical (unpaired) electrons. The average Bonchev–Trinajstić information content (AvgIpc) is 1.89. The van der Waals surface area contributed by atoms with Crippen molar-refractivity contribution in [3.8, 4) is 0 Å². The van der Waals surface area contributed by atoms with Crippen LogP contribution < -0.4 is 0 Å². The second kappa shape index (κ2) is 5.48. The van der Waals surface area contributed by atoms with Gasteiger partial charge in [0.05, 0.1) is 0 Å². The Labute approximate surface area is 71.5 Å². The molecule has 0 N–H and O–H groups in total. The first-order valence-corrected chi connectivity index (χ1v) is 4.18. The largest absolute Gasteiger partial charge is 0.103 e. The molecule has 0 rings (SSSR count). The van der Waals surface area contributed by atoms with Crippen molar-refractivity contribution in [3.63, 3.8) is 0 Å². The van der Waals surface area contributed by atoms with Crippen molar-refractivity contribution in [3.05, 3.63) is 37.0 Å². The van der Waals surface area contributed by atoms with Crippen LogP contribution in [-0.4, -0.2) is 4.83 Å². The highest BCUT2D eigenvalue weighted by Gasteiger charge is 2.00. The van der Waals surface area contributed by atoms with E-state index >= 15 is 0 Å². The van der Waals surface area contributed by atoms with Crippen LogP contribution in [0.4, 0.5) is 0 Å². The summed E-state index contributed by atoms with van der Waals surface area (Å²) in [6, 6.07) is 0. The third-order valence-corrected chi connectivity index (χ3v) is 2.34. The van der Waals surface area contributed by atoms with E-state index in [1.807, 2.05) is 12.2 Å². The Balaban J connectivity index is 3.91. The number of hydrogen-bond donors (Lipinski definition) is 0. The maximum absolute atomic E-state index is 3.66. The standard InChI is InChI=1S/C9H13Br/c1-4-6-8(3)9(10)7-5-2/h4-6,9H,1-2,7H2,3H3/b8-6-. The van der Waals surface area contributed by atoms with Gasteiger partial charge in [0.15, 0.2) is 0 Å². The van der Waals surface area contributed by atoms with Gasteiger partial charge in [-0.15, -0.1) is 6.58 Å². The van der Waals surface area contributed by atoms with Gasteiger partial charge in [-0.2, -0.15) is 0 Å². The molecule has 0 saturated heterocycles. The van der Waals surface area contributed by atoms with Crippen molar-refractivity contribution in [2.75, 3.05) is 0 Å². The molecule has 0 aromatic carbocycles. The lowest BCUT2D eigenvalue weighted by Gasteiger charge is -2.05. The third kappa shape index (κ3) is 3.67. The Morgan fingerprint density at radius 3 is 2.60 bits per heavy atom. The summed E-state index contributed by atoms with van der Waals surface area (Å²) < 4.78 is 0. The van der Waals surface area contributed by atoms with Crippen LogP contribution in [0.5, 0.6) is 0 Å². The molecule has 56 valence electrons. The molecule has 1 unspecified atom stereocenters. The van der Waals surface area contributed by atoms with E-state index < -0.39 is 0 Å². The molecule has 0 aliphatic carbocycles. The van der Waals surface area contributed by atoms with Gasteiger partial charge in [0.25, 0.3) is 0 Å². The lowest BCUT2D eigenvalue weighted by atomic mass is 10.1. The quantitative estimate of drug-likeness (QED) is 0.371. The average molecular weight is 201 g/mol. The van der Waals surface area contributed by atoms with Crippen molar-refractivity contribution in [2.24, 2.45) is 0 Å². The predicted octanol–water partition coefficient (Wildman–Crippen LogP) is 3.46. The highest BCUT2D eigenvalue weighted by molar-refractivity contribution is 9.09. The number of rotatable bonds is 4. The first-order valence-electron chi connectivity index (χ1n) is 3.26. The molecule has 0 bridgehead atoms. The van der Waals surface area contributed by atoms with E-state index in [-0.39, 0.29) is 0 Å². The van der Waals surface area contributed by atoms with Crippen molar-refractivity contribution in [1.29, 1.82) is 0 Å². The molecule has 0 saturated carbocycles. The SMILES string of the molecule is C=C/C=C(/C)C(Br)CC=C. The Bertz CT molecular complexity index is 145. The van der Waals surface area contributed by atoms with Gasteiger partial charge in [-0.05, 0) is 13.3 Å². The molecular weight excluding hydrogens is 188 g/mol. The molecule has 1 heteroatoms. The Morgan fingerprint density at radius 2 is 2.20 bits per heavy atom. The second-order valence-corrected chi connectivity index (χ2v) is 3.24. The van der Waals surface area contributed by atoms with E-state index in [0.717, 1.165) is 6.42 Å². The van der Waals surface area contributed by atoms with Crippen LogP contribution in [0.2, 0.25) is 0 Å². The summed E-state index contributed by atoms with van der Waals surface area (Å²) >= 11 is 3.52. The molecule has 0 aliphatic heterocycles. The Kier molecular flexibility index (Phi) is 5.32. The van der Waals surface area contributed by atoms with Gasteiger partial charge in [-0.1, -0.05) is 46.3 Å². The Morgan fingerprint density at radius 1 is 1.60 bits per heavy atom. The zero-order valence-electron chi connectivity index (χ0n) is 6.31. The lowest BCUT2D eigenvalue weighted by molar-refractivity contribution is 1.02. The van der Waals surface area contributed by atoms with Crippen molar-refractivity contribution in [1.82, 2.24) is 0 Å². The van der Waals surface area contributed by atoms with E-state index in [4.69, 9.17) is 0 Å². The minimum Gasteiger partial charge on any atom is -0.103 e. The molecule has 10 heavy (non-hydrogen) atoms.